The minimum absolute atomic E-state index is 0.0568. The van der Waals surface area contributed by atoms with E-state index in [0.717, 1.165) is 29.9 Å². The maximum absolute atomic E-state index is 12.4. The van der Waals surface area contributed by atoms with Gasteiger partial charge in [-0.1, -0.05) is 12.1 Å². The Hall–Kier alpha value is -4.87. The van der Waals surface area contributed by atoms with Gasteiger partial charge in [0.25, 0.3) is 11.6 Å². The van der Waals surface area contributed by atoms with Gasteiger partial charge >= 0.3 is 0 Å². The molecule has 12 nitrogen and oxygen atoms in total. The Labute approximate surface area is 206 Å². The van der Waals surface area contributed by atoms with Crippen molar-refractivity contribution in [3.05, 3.63) is 88.8 Å². The molecule has 0 aliphatic heterocycles. The van der Waals surface area contributed by atoms with Crippen molar-refractivity contribution < 1.29 is 9.72 Å². The van der Waals surface area contributed by atoms with Gasteiger partial charge in [0.1, 0.15) is 17.8 Å². The van der Waals surface area contributed by atoms with E-state index in [1.165, 1.54) is 12.3 Å². The predicted octanol–water partition coefficient (Wildman–Crippen LogP) is 3.06. The van der Waals surface area contributed by atoms with Crippen LogP contribution in [0.1, 0.15) is 22.6 Å². The number of imidazole rings is 1. The van der Waals surface area contributed by atoms with E-state index in [9.17, 15) is 14.9 Å². The molecule has 0 fully saturated rings. The molecular formula is C24H25N9O3. The van der Waals surface area contributed by atoms with Crippen molar-refractivity contribution in [2.75, 3.05) is 30.3 Å². The highest BCUT2D eigenvalue weighted by atomic mass is 16.6. The number of aromatic nitrogens is 5. The van der Waals surface area contributed by atoms with Crippen LogP contribution in [0.25, 0.3) is 11.3 Å². The molecule has 0 aliphatic rings. The number of carbonyl (C=O) groups is 1. The summed E-state index contributed by atoms with van der Waals surface area (Å²) < 4.78 is 0. The molecule has 12 heteroatoms. The smallest absolute Gasteiger partial charge is 0.287 e. The molecule has 0 bridgehead atoms. The van der Waals surface area contributed by atoms with E-state index in [0.29, 0.717) is 37.0 Å². The number of carbonyl (C=O) groups excluding carboxylic acids is 1. The van der Waals surface area contributed by atoms with Crippen LogP contribution in [0.2, 0.25) is 0 Å². The van der Waals surface area contributed by atoms with Crippen molar-refractivity contribution in [3.63, 3.8) is 0 Å². The van der Waals surface area contributed by atoms with Crippen LogP contribution < -0.4 is 16.0 Å². The molecule has 4 N–H and O–H groups in total. The Bertz CT molecular complexity index is 1280. The summed E-state index contributed by atoms with van der Waals surface area (Å²) in [4.78, 5) is 42.6. The largest absolute Gasteiger partial charge is 0.368 e. The number of benzene rings is 1. The highest BCUT2D eigenvalue weighted by Gasteiger charge is 2.08. The van der Waals surface area contributed by atoms with E-state index >= 15 is 0 Å². The number of aromatic amines is 1. The summed E-state index contributed by atoms with van der Waals surface area (Å²) in [6, 6.07) is 12.0. The molecule has 0 saturated heterocycles. The van der Waals surface area contributed by atoms with Crippen LogP contribution in [0.15, 0.2) is 67.3 Å². The minimum Gasteiger partial charge on any atom is -0.368 e. The molecule has 36 heavy (non-hydrogen) atoms. The number of anilines is 2. The SMILES string of the molecule is O=C(NCCCc1ncc[nH]1)c1ccc(-c2ccnc(NCCNc3ccc([N+](=O)[O-])cn3)n2)cc1. The molecule has 1 aromatic carbocycles. The molecule has 0 spiro atoms. The number of rotatable bonds is 12. The third-order valence-electron chi connectivity index (χ3n) is 5.20. The van der Waals surface area contributed by atoms with Gasteiger partial charge in [-0.3, -0.25) is 14.9 Å². The molecule has 4 aromatic rings. The number of amides is 1. The van der Waals surface area contributed by atoms with Crippen molar-refractivity contribution in [2.24, 2.45) is 0 Å². The summed E-state index contributed by atoms with van der Waals surface area (Å²) in [5.74, 6) is 1.79. The summed E-state index contributed by atoms with van der Waals surface area (Å²) in [5.41, 5.74) is 2.11. The third kappa shape index (κ3) is 6.82. The fraction of sp³-hybridized carbons (Fsp3) is 0.208. The second-order valence-electron chi connectivity index (χ2n) is 7.75. The number of pyridine rings is 1. The van der Waals surface area contributed by atoms with Crippen LogP contribution in [-0.2, 0) is 6.42 Å². The summed E-state index contributed by atoms with van der Waals surface area (Å²) in [5, 5.41) is 19.8. The molecule has 3 heterocycles. The highest BCUT2D eigenvalue weighted by Crippen LogP contribution is 2.18. The molecular weight excluding hydrogens is 462 g/mol. The Balaban J connectivity index is 1.23. The van der Waals surface area contributed by atoms with Crippen molar-refractivity contribution in [1.82, 2.24) is 30.2 Å². The average Bonchev–Trinajstić information content (AvgIpc) is 3.43. The van der Waals surface area contributed by atoms with E-state index in [1.807, 2.05) is 12.1 Å². The molecule has 0 unspecified atom stereocenters. The van der Waals surface area contributed by atoms with E-state index in [1.54, 1.807) is 42.9 Å². The van der Waals surface area contributed by atoms with Gasteiger partial charge in [0.05, 0.1) is 10.6 Å². The molecule has 0 saturated carbocycles. The lowest BCUT2D eigenvalue weighted by atomic mass is 10.1. The summed E-state index contributed by atoms with van der Waals surface area (Å²) in [6.07, 6.45) is 7.95. The Morgan fingerprint density at radius 1 is 0.944 bits per heavy atom. The highest BCUT2D eigenvalue weighted by molar-refractivity contribution is 5.94. The normalized spacial score (nSPS) is 10.6. The van der Waals surface area contributed by atoms with Crippen molar-refractivity contribution in [3.8, 4) is 11.3 Å². The van der Waals surface area contributed by atoms with E-state index in [-0.39, 0.29) is 11.6 Å². The number of hydrogen-bond acceptors (Lipinski definition) is 9. The van der Waals surface area contributed by atoms with E-state index in [2.05, 4.69) is 40.9 Å². The van der Waals surface area contributed by atoms with Gasteiger partial charge in [-0.05, 0) is 30.7 Å². The Morgan fingerprint density at radius 3 is 2.50 bits per heavy atom. The number of nitrogens with one attached hydrogen (secondary N) is 4. The number of nitrogens with zero attached hydrogens (tertiary/aromatic N) is 5. The first-order chi connectivity index (χ1) is 17.6. The first kappa shape index (κ1) is 24.3. The monoisotopic (exact) mass is 487 g/mol. The fourth-order valence-corrected chi connectivity index (χ4v) is 3.36. The molecule has 0 atom stereocenters. The van der Waals surface area contributed by atoms with Crippen molar-refractivity contribution in [1.29, 1.82) is 0 Å². The van der Waals surface area contributed by atoms with Crippen LogP contribution in [0.3, 0.4) is 0 Å². The summed E-state index contributed by atoms with van der Waals surface area (Å²) >= 11 is 0. The number of nitro groups is 1. The number of hydrogen-bond donors (Lipinski definition) is 4. The van der Waals surface area contributed by atoms with Gasteiger partial charge in [-0.25, -0.2) is 19.9 Å². The topological polar surface area (TPSA) is 164 Å². The maximum Gasteiger partial charge on any atom is 0.287 e. The van der Waals surface area contributed by atoms with Crippen LogP contribution in [0, 0.1) is 10.1 Å². The molecule has 4 rings (SSSR count). The van der Waals surface area contributed by atoms with Gasteiger partial charge in [-0.15, -0.1) is 0 Å². The predicted molar refractivity (Wildman–Crippen MR) is 135 cm³/mol. The first-order valence-corrected chi connectivity index (χ1v) is 11.4. The molecule has 1 amide bonds. The quantitative estimate of drug-likeness (QED) is 0.134. The first-order valence-electron chi connectivity index (χ1n) is 11.4. The lowest BCUT2D eigenvalue weighted by Gasteiger charge is -2.09. The average molecular weight is 488 g/mol. The van der Waals surface area contributed by atoms with Crippen LogP contribution in [0.4, 0.5) is 17.5 Å². The zero-order valence-corrected chi connectivity index (χ0v) is 19.3. The maximum atomic E-state index is 12.4. The zero-order valence-electron chi connectivity index (χ0n) is 19.3. The Kier molecular flexibility index (Phi) is 8.10. The van der Waals surface area contributed by atoms with Crippen LogP contribution in [0.5, 0.6) is 0 Å². The summed E-state index contributed by atoms with van der Waals surface area (Å²) in [7, 11) is 0. The molecule has 184 valence electrons. The van der Waals surface area contributed by atoms with E-state index in [4.69, 9.17) is 0 Å². The minimum atomic E-state index is -0.490. The van der Waals surface area contributed by atoms with Crippen LogP contribution in [-0.4, -0.2) is 55.4 Å². The Morgan fingerprint density at radius 2 is 1.78 bits per heavy atom. The standard InChI is InChI=1S/C24H25N9O3/c34-23(28-10-1-2-21-25-12-13-26-21)18-5-3-17(4-6-18)20-9-11-29-24(32-20)30-15-14-27-22-8-7-19(16-31-22)33(35)36/h3-9,11-13,16H,1-2,10,14-15H2,(H,25,26)(H,27,31)(H,28,34)(H,29,30,32). The molecule has 3 aromatic heterocycles. The van der Waals surface area contributed by atoms with Gasteiger partial charge in [0.15, 0.2) is 0 Å². The lowest BCUT2D eigenvalue weighted by molar-refractivity contribution is -0.385. The molecule has 0 radical (unpaired) electrons. The second kappa shape index (κ2) is 12.0. The second-order valence-corrected chi connectivity index (χ2v) is 7.75. The van der Waals surface area contributed by atoms with Crippen molar-refractivity contribution in [2.45, 2.75) is 12.8 Å². The van der Waals surface area contributed by atoms with Gasteiger partial charge in [0, 0.05) is 61.8 Å². The molecule has 0 aliphatic carbocycles. The third-order valence-corrected chi connectivity index (χ3v) is 5.20. The zero-order chi connectivity index (χ0) is 25.2. The number of H-pyrrole nitrogens is 1. The van der Waals surface area contributed by atoms with Gasteiger partial charge in [-0.2, -0.15) is 0 Å². The van der Waals surface area contributed by atoms with Crippen molar-refractivity contribution >= 4 is 23.4 Å². The number of aryl methyl sites for hydroxylation is 1. The van der Waals surface area contributed by atoms with E-state index < -0.39 is 4.92 Å². The fourth-order valence-electron chi connectivity index (χ4n) is 3.36. The van der Waals surface area contributed by atoms with Gasteiger partial charge < -0.3 is 20.9 Å². The van der Waals surface area contributed by atoms with Crippen LogP contribution >= 0.6 is 0 Å². The summed E-state index contributed by atoms with van der Waals surface area (Å²) in [6.45, 7) is 1.60. The van der Waals surface area contributed by atoms with Gasteiger partial charge in [0.2, 0.25) is 5.95 Å². The lowest BCUT2D eigenvalue weighted by Crippen LogP contribution is -2.24.